The molecule has 2 aromatic carbocycles. The third-order valence-corrected chi connectivity index (χ3v) is 3.07. The molecular weight excluding hydrogens is 290 g/mol. The van der Waals surface area contributed by atoms with Crippen molar-refractivity contribution in [3.63, 3.8) is 0 Å². The molecule has 0 fully saturated rings. The summed E-state index contributed by atoms with van der Waals surface area (Å²) in [6.07, 6.45) is 0. The average Bonchev–Trinajstić information content (AvgIpc) is 2.52. The minimum atomic E-state index is -0.348. The zero-order chi connectivity index (χ0) is 15.1. The van der Waals surface area contributed by atoms with Crippen molar-refractivity contribution in [1.29, 1.82) is 0 Å². The number of esters is 1. The number of rotatable bonds is 6. The van der Waals surface area contributed by atoms with Crippen LogP contribution in [0.1, 0.15) is 5.56 Å². The third kappa shape index (κ3) is 4.68. The summed E-state index contributed by atoms with van der Waals surface area (Å²) in [5.74, 6) is 0.245. The van der Waals surface area contributed by atoms with E-state index in [-0.39, 0.29) is 12.5 Å². The summed E-state index contributed by atoms with van der Waals surface area (Å²) >= 11 is 5.99. The van der Waals surface area contributed by atoms with Crippen LogP contribution in [0, 0.1) is 0 Å². The van der Waals surface area contributed by atoms with E-state index in [1.54, 1.807) is 18.2 Å². The van der Waals surface area contributed by atoms with Gasteiger partial charge in [0.2, 0.25) is 0 Å². The molecule has 0 radical (unpaired) electrons. The summed E-state index contributed by atoms with van der Waals surface area (Å²) in [5.41, 5.74) is 1.75. The summed E-state index contributed by atoms with van der Waals surface area (Å²) in [6.45, 7) is 0.494. The van der Waals surface area contributed by atoms with E-state index in [2.05, 4.69) is 10.1 Å². The molecule has 1 N–H and O–H groups in total. The second-order valence-corrected chi connectivity index (χ2v) is 4.78. The molecule has 0 unspecified atom stereocenters. The number of benzene rings is 2. The maximum absolute atomic E-state index is 11.2. The van der Waals surface area contributed by atoms with Crippen molar-refractivity contribution >= 4 is 23.3 Å². The molecule has 2 aromatic rings. The molecule has 5 heteroatoms. The van der Waals surface area contributed by atoms with Gasteiger partial charge in [-0.25, -0.2) is 0 Å². The monoisotopic (exact) mass is 305 g/mol. The first kappa shape index (κ1) is 15.2. The lowest BCUT2D eigenvalue weighted by Crippen LogP contribution is -2.15. The fourth-order valence-electron chi connectivity index (χ4n) is 1.74. The highest BCUT2D eigenvalue weighted by molar-refractivity contribution is 6.30. The molecule has 0 atom stereocenters. The van der Waals surface area contributed by atoms with Crippen LogP contribution in [-0.2, 0) is 16.1 Å². The molecule has 110 valence electrons. The summed E-state index contributed by atoms with van der Waals surface area (Å²) in [6, 6.07) is 15.0. The van der Waals surface area contributed by atoms with Gasteiger partial charge in [-0.1, -0.05) is 41.9 Å². The van der Waals surface area contributed by atoms with Crippen LogP contribution in [0.3, 0.4) is 0 Å². The van der Waals surface area contributed by atoms with E-state index < -0.39 is 0 Å². The fraction of sp³-hybridized carbons (Fsp3) is 0.188. The van der Waals surface area contributed by atoms with Crippen LogP contribution in [-0.4, -0.2) is 19.6 Å². The molecule has 0 saturated carbocycles. The molecule has 0 heterocycles. The summed E-state index contributed by atoms with van der Waals surface area (Å²) < 4.78 is 10.4. The van der Waals surface area contributed by atoms with Gasteiger partial charge in [0, 0.05) is 11.1 Å². The first-order valence-electron chi connectivity index (χ1n) is 6.46. The first-order valence-corrected chi connectivity index (χ1v) is 6.84. The van der Waals surface area contributed by atoms with E-state index in [0.29, 0.717) is 23.1 Å². The van der Waals surface area contributed by atoms with E-state index in [0.717, 1.165) is 5.56 Å². The summed E-state index contributed by atoms with van der Waals surface area (Å²) in [7, 11) is 1.35. The Labute approximate surface area is 128 Å². The van der Waals surface area contributed by atoms with E-state index in [4.69, 9.17) is 16.3 Å². The molecule has 0 aliphatic heterocycles. The van der Waals surface area contributed by atoms with Gasteiger partial charge < -0.3 is 14.8 Å². The van der Waals surface area contributed by atoms with Crippen molar-refractivity contribution in [2.24, 2.45) is 0 Å². The number of hydrogen-bond donors (Lipinski definition) is 1. The predicted octanol–water partition coefficient (Wildman–Crippen LogP) is 3.50. The minimum Gasteiger partial charge on any atom is -0.487 e. The van der Waals surface area contributed by atoms with Gasteiger partial charge in [-0.15, -0.1) is 0 Å². The Bertz CT molecular complexity index is 602. The molecule has 0 bridgehead atoms. The molecule has 0 aliphatic carbocycles. The normalized spacial score (nSPS) is 10.0. The lowest BCUT2D eigenvalue weighted by molar-refractivity contribution is -0.138. The number of methoxy groups -OCH3 is 1. The number of carbonyl (C=O) groups is 1. The number of anilines is 1. The van der Waals surface area contributed by atoms with Crippen LogP contribution in [0.15, 0.2) is 48.5 Å². The van der Waals surface area contributed by atoms with E-state index in [1.165, 1.54) is 7.11 Å². The van der Waals surface area contributed by atoms with Crippen molar-refractivity contribution in [1.82, 2.24) is 0 Å². The van der Waals surface area contributed by atoms with Crippen molar-refractivity contribution in [2.45, 2.75) is 6.61 Å². The van der Waals surface area contributed by atoms with Crippen LogP contribution in [0.4, 0.5) is 5.69 Å². The second-order valence-electron chi connectivity index (χ2n) is 4.34. The highest BCUT2D eigenvalue weighted by Gasteiger charge is 2.07. The van der Waals surface area contributed by atoms with Gasteiger partial charge in [0.05, 0.1) is 12.8 Å². The molecule has 0 aromatic heterocycles. The average molecular weight is 306 g/mol. The molecule has 4 nitrogen and oxygen atoms in total. The van der Waals surface area contributed by atoms with Crippen molar-refractivity contribution < 1.29 is 14.3 Å². The maximum atomic E-state index is 11.2. The van der Waals surface area contributed by atoms with Crippen molar-refractivity contribution in [3.05, 3.63) is 59.1 Å². The lowest BCUT2D eigenvalue weighted by atomic mass is 10.2. The van der Waals surface area contributed by atoms with E-state index in [1.807, 2.05) is 30.3 Å². The number of carbonyl (C=O) groups excluding carboxylic acids is 1. The van der Waals surface area contributed by atoms with Crippen LogP contribution >= 0.6 is 11.6 Å². The number of halogens is 1. The fourth-order valence-corrected chi connectivity index (χ4v) is 1.90. The topological polar surface area (TPSA) is 47.6 Å². The van der Waals surface area contributed by atoms with Gasteiger partial charge in [0.1, 0.15) is 18.9 Å². The van der Waals surface area contributed by atoms with Crippen molar-refractivity contribution in [2.75, 3.05) is 19.0 Å². The zero-order valence-corrected chi connectivity index (χ0v) is 12.4. The highest BCUT2D eigenvalue weighted by Crippen LogP contribution is 2.28. The Kier molecular flexibility index (Phi) is 5.46. The molecule has 2 rings (SSSR count). The van der Waals surface area contributed by atoms with Gasteiger partial charge in [0.25, 0.3) is 0 Å². The Morgan fingerprint density at radius 1 is 1.19 bits per heavy atom. The number of nitrogens with one attached hydrogen (secondary N) is 1. The SMILES string of the molecule is COC(=O)CNc1ccc(Cl)cc1OCc1ccccc1. The molecular formula is C16H16ClNO3. The van der Waals surface area contributed by atoms with Crippen molar-refractivity contribution in [3.8, 4) is 5.75 Å². The number of hydrogen-bond acceptors (Lipinski definition) is 4. The molecule has 0 aliphatic rings. The first-order chi connectivity index (χ1) is 10.2. The Hall–Kier alpha value is -2.20. The quantitative estimate of drug-likeness (QED) is 0.830. The third-order valence-electron chi connectivity index (χ3n) is 2.83. The molecule has 0 saturated heterocycles. The Balaban J connectivity index is 2.06. The standard InChI is InChI=1S/C16H16ClNO3/c1-20-16(19)10-18-14-8-7-13(17)9-15(14)21-11-12-5-3-2-4-6-12/h2-9,18H,10-11H2,1H3. The van der Waals surface area contributed by atoms with Gasteiger partial charge in [0.15, 0.2) is 0 Å². The lowest BCUT2D eigenvalue weighted by Gasteiger charge is -2.13. The largest absolute Gasteiger partial charge is 0.487 e. The zero-order valence-electron chi connectivity index (χ0n) is 11.6. The summed E-state index contributed by atoms with van der Waals surface area (Å²) in [4.78, 5) is 11.2. The highest BCUT2D eigenvalue weighted by atomic mass is 35.5. The smallest absolute Gasteiger partial charge is 0.325 e. The number of ether oxygens (including phenoxy) is 2. The van der Waals surface area contributed by atoms with Gasteiger partial charge in [-0.05, 0) is 17.7 Å². The minimum absolute atomic E-state index is 0.0693. The van der Waals surface area contributed by atoms with Gasteiger partial charge in [-0.2, -0.15) is 0 Å². The predicted molar refractivity (Wildman–Crippen MR) is 82.7 cm³/mol. The van der Waals surface area contributed by atoms with Crippen LogP contribution in [0.5, 0.6) is 5.75 Å². The molecule has 21 heavy (non-hydrogen) atoms. The van der Waals surface area contributed by atoms with E-state index >= 15 is 0 Å². The molecule has 0 amide bonds. The van der Waals surface area contributed by atoms with Crippen LogP contribution in [0.25, 0.3) is 0 Å². The van der Waals surface area contributed by atoms with Crippen LogP contribution < -0.4 is 10.1 Å². The van der Waals surface area contributed by atoms with Gasteiger partial charge in [-0.3, -0.25) is 4.79 Å². The van der Waals surface area contributed by atoms with E-state index in [9.17, 15) is 4.79 Å². The van der Waals surface area contributed by atoms with Crippen LogP contribution in [0.2, 0.25) is 5.02 Å². The maximum Gasteiger partial charge on any atom is 0.325 e. The Morgan fingerprint density at radius 2 is 1.95 bits per heavy atom. The van der Waals surface area contributed by atoms with Gasteiger partial charge >= 0.3 is 5.97 Å². The molecule has 0 spiro atoms. The summed E-state index contributed by atoms with van der Waals surface area (Å²) in [5, 5.41) is 3.54. The second kappa shape index (κ2) is 7.55. The Morgan fingerprint density at radius 3 is 2.67 bits per heavy atom.